The number of rotatable bonds is 6. The normalized spacial score (nSPS) is 17.0. The molecule has 0 spiro atoms. The predicted molar refractivity (Wildman–Crippen MR) is 94.9 cm³/mol. The van der Waals surface area contributed by atoms with Gasteiger partial charge < -0.3 is 10.0 Å². The van der Waals surface area contributed by atoms with Crippen LogP contribution in [-0.4, -0.2) is 58.5 Å². The first kappa shape index (κ1) is 17.1. The van der Waals surface area contributed by atoms with E-state index in [4.69, 9.17) is 0 Å². The van der Waals surface area contributed by atoms with Crippen LogP contribution in [0.1, 0.15) is 23.8 Å². The minimum absolute atomic E-state index is 0.200. The first-order valence-electron chi connectivity index (χ1n) is 8.32. The molecule has 0 bridgehead atoms. The summed E-state index contributed by atoms with van der Waals surface area (Å²) in [4.78, 5) is 20.6. The highest BCUT2D eigenvalue weighted by Crippen LogP contribution is 2.15. The van der Waals surface area contributed by atoms with Crippen LogP contribution in [0.5, 0.6) is 0 Å². The minimum atomic E-state index is -0.474. The molecule has 1 saturated heterocycles. The van der Waals surface area contributed by atoms with Crippen molar-refractivity contribution in [3.05, 3.63) is 52.5 Å². The van der Waals surface area contributed by atoms with E-state index in [1.165, 1.54) is 0 Å². The van der Waals surface area contributed by atoms with Crippen LogP contribution < -0.4 is 0 Å². The molecule has 24 heavy (non-hydrogen) atoms. The molecule has 1 atom stereocenters. The lowest BCUT2D eigenvalue weighted by Crippen LogP contribution is -2.49. The quantitative estimate of drug-likeness (QED) is 0.869. The standard InChI is InChI=1S/C18H23N3O2S/c22-17(15-4-2-1-3-5-15)12-20-8-10-21(11-9-20)18(23)7-6-16-13-24-14-19-16/h1-5,13-14,17,22H,6-12H2/t17-/m1/s1. The number of aryl methyl sites for hydroxylation is 1. The molecule has 1 aromatic carbocycles. The Kier molecular flexibility index (Phi) is 5.96. The first-order valence-corrected chi connectivity index (χ1v) is 9.27. The van der Waals surface area contributed by atoms with Gasteiger partial charge in [-0.1, -0.05) is 30.3 Å². The summed E-state index contributed by atoms with van der Waals surface area (Å²) in [5.41, 5.74) is 3.74. The number of aromatic nitrogens is 1. The molecule has 5 nitrogen and oxygen atoms in total. The Hall–Kier alpha value is -1.76. The van der Waals surface area contributed by atoms with E-state index in [9.17, 15) is 9.90 Å². The van der Waals surface area contributed by atoms with Crippen LogP contribution in [0.25, 0.3) is 0 Å². The Morgan fingerprint density at radius 2 is 1.96 bits per heavy atom. The van der Waals surface area contributed by atoms with Crippen molar-refractivity contribution in [3.63, 3.8) is 0 Å². The van der Waals surface area contributed by atoms with Crippen LogP contribution in [0, 0.1) is 0 Å². The van der Waals surface area contributed by atoms with Gasteiger partial charge in [0.05, 0.1) is 17.3 Å². The molecule has 3 rings (SSSR count). The molecular weight excluding hydrogens is 322 g/mol. The van der Waals surface area contributed by atoms with Gasteiger partial charge in [-0.3, -0.25) is 9.69 Å². The molecule has 2 aromatic rings. The summed E-state index contributed by atoms with van der Waals surface area (Å²) in [5, 5.41) is 12.3. The number of hydrogen-bond donors (Lipinski definition) is 1. The van der Waals surface area contributed by atoms with Gasteiger partial charge >= 0.3 is 0 Å². The van der Waals surface area contributed by atoms with E-state index < -0.39 is 6.10 Å². The van der Waals surface area contributed by atoms with Crippen LogP contribution >= 0.6 is 11.3 Å². The first-order chi connectivity index (χ1) is 11.7. The highest BCUT2D eigenvalue weighted by molar-refractivity contribution is 7.07. The van der Waals surface area contributed by atoms with E-state index in [1.807, 2.05) is 40.6 Å². The van der Waals surface area contributed by atoms with E-state index in [-0.39, 0.29) is 5.91 Å². The van der Waals surface area contributed by atoms with Crippen LogP contribution in [0.3, 0.4) is 0 Å². The van der Waals surface area contributed by atoms with Crippen LogP contribution in [0.2, 0.25) is 0 Å². The number of carbonyl (C=O) groups excluding carboxylic acids is 1. The lowest BCUT2D eigenvalue weighted by molar-refractivity contribution is -0.133. The number of piperazine rings is 1. The molecule has 0 saturated carbocycles. The number of β-amino-alcohol motifs (C(OH)–C–C–N with tert-alkyl or cyclic N) is 1. The molecule has 1 aliphatic heterocycles. The zero-order chi connectivity index (χ0) is 16.8. The molecule has 128 valence electrons. The van der Waals surface area contributed by atoms with E-state index in [0.717, 1.165) is 43.9 Å². The summed E-state index contributed by atoms with van der Waals surface area (Å²) in [6.07, 6.45) is 0.768. The molecule has 6 heteroatoms. The molecule has 0 unspecified atom stereocenters. The summed E-state index contributed by atoms with van der Waals surface area (Å²) in [5.74, 6) is 0.200. The van der Waals surface area contributed by atoms with Crippen molar-refractivity contribution in [3.8, 4) is 0 Å². The maximum absolute atomic E-state index is 12.3. The number of amides is 1. The number of aliphatic hydroxyl groups excluding tert-OH is 1. The summed E-state index contributed by atoms with van der Waals surface area (Å²) < 4.78 is 0. The van der Waals surface area contributed by atoms with Gasteiger partial charge in [0.1, 0.15) is 0 Å². The topological polar surface area (TPSA) is 56.7 Å². The molecule has 0 radical (unpaired) electrons. The van der Waals surface area contributed by atoms with Gasteiger partial charge in [-0.25, -0.2) is 4.98 Å². The van der Waals surface area contributed by atoms with Crippen molar-refractivity contribution in [2.24, 2.45) is 0 Å². The Morgan fingerprint density at radius 1 is 1.21 bits per heavy atom. The Labute approximate surface area is 146 Å². The maximum atomic E-state index is 12.3. The van der Waals surface area contributed by atoms with Crippen molar-refractivity contribution >= 4 is 17.2 Å². The second-order valence-electron chi connectivity index (χ2n) is 6.09. The van der Waals surface area contributed by atoms with Gasteiger partial charge in [0.2, 0.25) is 5.91 Å². The molecule has 1 aromatic heterocycles. The Bertz CT molecular complexity index is 625. The molecule has 1 aliphatic rings. The number of nitrogens with zero attached hydrogens (tertiary/aromatic N) is 3. The molecule has 0 aliphatic carbocycles. The second kappa shape index (κ2) is 8.37. The molecule has 1 fully saturated rings. The van der Waals surface area contributed by atoms with Crippen molar-refractivity contribution in [1.29, 1.82) is 0 Å². The van der Waals surface area contributed by atoms with Crippen molar-refractivity contribution in [2.75, 3.05) is 32.7 Å². The highest BCUT2D eigenvalue weighted by atomic mass is 32.1. The van der Waals surface area contributed by atoms with E-state index in [1.54, 1.807) is 16.8 Å². The van der Waals surface area contributed by atoms with Crippen LogP contribution in [0.4, 0.5) is 0 Å². The average Bonchev–Trinajstić information content (AvgIpc) is 3.14. The van der Waals surface area contributed by atoms with Gasteiger partial charge in [0, 0.05) is 44.5 Å². The third-order valence-corrected chi connectivity index (χ3v) is 5.05. The fourth-order valence-corrected chi connectivity index (χ4v) is 3.55. The number of aliphatic hydroxyl groups is 1. The fraction of sp³-hybridized carbons (Fsp3) is 0.444. The monoisotopic (exact) mass is 345 g/mol. The molecule has 1 N–H and O–H groups in total. The van der Waals surface area contributed by atoms with Gasteiger partial charge in [0.15, 0.2) is 0 Å². The molecule has 2 heterocycles. The van der Waals surface area contributed by atoms with E-state index >= 15 is 0 Å². The minimum Gasteiger partial charge on any atom is -0.387 e. The number of carbonyl (C=O) groups is 1. The molecular formula is C18H23N3O2S. The van der Waals surface area contributed by atoms with Crippen LogP contribution in [0.15, 0.2) is 41.2 Å². The van der Waals surface area contributed by atoms with Crippen molar-refractivity contribution < 1.29 is 9.90 Å². The average molecular weight is 345 g/mol. The largest absolute Gasteiger partial charge is 0.387 e. The lowest BCUT2D eigenvalue weighted by Gasteiger charge is -2.35. The fourth-order valence-electron chi connectivity index (χ4n) is 2.96. The Morgan fingerprint density at radius 3 is 2.62 bits per heavy atom. The van der Waals surface area contributed by atoms with Crippen molar-refractivity contribution in [1.82, 2.24) is 14.8 Å². The Balaban J connectivity index is 1.41. The van der Waals surface area contributed by atoms with Gasteiger partial charge in [-0.2, -0.15) is 0 Å². The number of hydrogen-bond acceptors (Lipinski definition) is 5. The lowest BCUT2D eigenvalue weighted by atomic mass is 10.1. The van der Waals surface area contributed by atoms with Gasteiger partial charge in [-0.05, 0) is 12.0 Å². The van der Waals surface area contributed by atoms with Crippen LogP contribution in [-0.2, 0) is 11.2 Å². The smallest absolute Gasteiger partial charge is 0.223 e. The molecule has 1 amide bonds. The van der Waals surface area contributed by atoms with Crippen molar-refractivity contribution in [2.45, 2.75) is 18.9 Å². The van der Waals surface area contributed by atoms with E-state index in [2.05, 4.69) is 9.88 Å². The third-order valence-electron chi connectivity index (χ3n) is 4.42. The second-order valence-corrected chi connectivity index (χ2v) is 6.81. The summed E-state index contributed by atoms with van der Waals surface area (Å²) in [6.45, 7) is 3.71. The number of thiazole rings is 1. The summed E-state index contributed by atoms with van der Waals surface area (Å²) in [7, 11) is 0. The predicted octanol–water partition coefficient (Wildman–Crippen LogP) is 1.95. The highest BCUT2D eigenvalue weighted by Gasteiger charge is 2.22. The zero-order valence-electron chi connectivity index (χ0n) is 13.7. The zero-order valence-corrected chi connectivity index (χ0v) is 14.5. The maximum Gasteiger partial charge on any atom is 0.223 e. The number of benzene rings is 1. The van der Waals surface area contributed by atoms with Gasteiger partial charge in [-0.15, -0.1) is 11.3 Å². The SMILES string of the molecule is O=C(CCc1cscn1)N1CCN(C[C@@H](O)c2ccccc2)CC1. The summed E-state index contributed by atoms with van der Waals surface area (Å²) in [6, 6.07) is 9.73. The van der Waals surface area contributed by atoms with Gasteiger partial charge in [0.25, 0.3) is 0 Å². The summed E-state index contributed by atoms with van der Waals surface area (Å²) >= 11 is 1.56. The van der Waals surface area contributed by atoms with E-state index in [0.29, 0.717) is 13.0 Å². The third kappa shape index (κ3) is 4.63.